The largest absolute Gasteiger partial charge is 0.358 e. The van der Waals surface area contributed by atoms with Crippen molar-refractivity contribution in [1.29, 1.82) is 0 Å². The molecule has 1 aliphatic heterocycles. The van der Waals surface area contributed by atoms with Crippen molar-refractivity contribution in [2.24, 2.45) is 7.05 Å². The molecule has 6 rings (SSSR count). The summed E-state index contributed by atoms with van der Waals surface area (Å²) in [5, 5.41) is 4.93. The molecule has 0 saturated carbocycles. The number of rotatable bonds is 2. The van der Waals surface area contributed by atoms with Crippen molar-refractivity contribution in [3.63, 3.8) is 0 Å². The topological polar surface area (TPSA) is 24.0 Å². The highest BCUT2D eigenvalue weighted by atomic mass is 32.1. The molecule has 30 heavy (non-hydrogen) atoms. The van der Waals surface area contributed by atoms with E-state index in [4.69, 9.17) is 0 Å². The van der Waals surface area contributed by atoms with Gasteiger partial charge in [-0.3, -0.25) is 0 Å². The Balaban J connectivity index is 1.52. The minimum atomic E-state index is 0.358. The Morgan fingerprint density at radius 1 is 1.03 bits per heavy atom. The van der Waals surface area contributed by atoms with E-state index in [-0.39, 0.29) is 0 Å². The molecule has 1 aliphatic rings. The van der Waals surface area contributed by atoms with Crippen molar-refractivity contribution in [2.75, 3.05) is 13.6 Å². The summed E-state index contributed by atoms with van der Waals surface area (Å²) >= 11 is 1.86. The van der Waals surface area contributed by atoms with Crippen LogP contribution in [0.15, 0.2) is 60.1 Å². The van der Waals surface area contributed by atoms with Crippen molar-refractivity contribution in [3.8, 4) is 10.4 Å². The predicted octanol–water partition coefficient (Wildman–Crippen LogP) is 6.27. The summed E-state index contributed by atoms with van der Waals surface area (Å²) in [6.45, 7) is 4.22. The van der Waals surface area contributed by atoms with Gasteiger partial charge in [0.1, 0.15) is 0 Å². The number of nitrogens with one attached hydrogen (secondary N) is 1. The Kier molecular flexibility index (Phi) is 3.95. The molecule has 1 N–H and O–H groups in total. The Labute approximate surface area is 180 Å². The Bertz CT molecular complexity index is 1400. The molecule has 1 atom stereocenters. The lowest BCUT2D eigenvalue weighted by Crippen LogP contribution is -2.30. The van der Waals surface area contributed by atoms with E-state index in [0.29, 0.717) is 5.92 Å². The molecule has 0 fully saturated rings. The first-order chi connectivity index (χ1) is 14.6. The number of nitrogens with zero attached hydrogens (tertiary/aromatic N) is 2. The fourth-order valence-electron chi connectivity index (χ4n) is 5.07. The van der Waals surface area contributed by atoms with Crippen LogP contribution in [0.2, 0.25) is 0 Å². The highest BCUT2D eigenvalue weighted by Gasteiger charge is 2.30. The van der Waals surface area contributed by atoms with E-state index in [2.05, 4.69) is 95.6 Å². The van der Waals surface area contributed by atoms with Crippen LogP contribution < -0.4 is 0 Å². The van der Waals surface area contributed by atoms with Gasteiger partial charge in [0.2, 0.25) is 0 Å². The first-order valence-corrected chi connectivity index (χ1v) is 11.4. The zero-order valence-electron chi connectivity index (χ0n) is 17.6. The minimum absolute atomic E-state index is 0.358. The minimum Gasteiger partial charge on any atom is -0.358 e. The summed E-state index contributed by atoms with van der Waals surface area (Å²) in [5.74, 6) is 0.358. The van der Waals surface area contributed by atoms with Gasteiger partial charge in [-0.15, -0.1) is 11.3 Å². The van der Waals surface area contributed by atoms with Crippen molar-refractivity contribution in [1.82, 2.24) is 14.5 Å². The molecule has 3 aromatic heterocycles. The van der Waals surface area contributed by atoms with Crippen LogP contribution in [0.3, 0.4) is 0 Å². The number of aromatic nitrogens is 2. The molecule has 2 aromatic carbocycles. The monoisotopic (exact) mass is 411 g/mol. The van der Waals surface area contributed by atoms with E-state index in [9.17, 15) is 0 Å². The Hall–Kier alpha value is -2.82. The second-order valence-electron chi connectivity index (χ2n) is 8.72. The molecule has 1 unspecified atom stereocenters. The average Bonchev–Trinajstić information content (AvgIpc) is 3.45. The van der Waals surface area contributed by atoms with Gasteiger partial charge in [0.15, 0.2) is 0 Å². The smallest absolute Gasteiger partial charge is 0.0484 e. The first kappa shape index (κ1) is 18.0. The molecule has 0 spiro atoms. The fraction of sp³-hybridized carbons (Fsp3) is 0.231. The third kappa shape index (κ3) is 2.68. The third-order valence-corrected chi connectivity index (χ3v) is 7.57. The normalized spacial score (nSPS) is 17.1. The first-order valence-electron chi connectivity index (χ1n) is 10.5. The number of H-pyrrole nitrogens is 1. The summed E-state index contributed by atoms with van der Waals surface area (Å²) in [6, 6.07) is 18.2. The van der Waals surface area contributed by atoms with Crippen molar-refractivity contribution >= 4 is 33.1 Å². The number of likely N-dealkylation sites (N-methyl/N-ethyl adjacent to an activating group) is 1. The van der Waals surface area contributed by atoms with Crippen molar-refractivity contribution < 1.29 is 0 Å². The van der Waals surface area contributed by atoms with E-state index >= 15 is 0 Å². The van der Waals surface area contributed by atoms with Gasteiger partial charge in [-0.1, -0.05) is 23.8 Å². The number of aromatic amines is 1. The molecule has 0 amide bonds. The third-order valence-electron chi connectivity index (χ3n) is 6.59. The van der Waals surface area contributed by atoms with Crippen LogP contribution >= 0.6 is 11.3 Å². The van der Waals surface area contributed by atoms with Crippen LogP contribution in [0.5, 0.6) is 0 Å². The van der Waals surface area contributed by atoms with Crippen LogP contribution in [0.1, 0.15) is 28.3 Å². The number of benzene rings is 2. The maximum absolute atomic E-state index is 3.79. The van der Waals surface area contributed by atoms with Gasteiger partial charge in [0, 0.05) is 59.2 Å². The molecular formula is C26H25N3S. The quantitative estimate of drug-likeness (QED) is 0.363. The van der Waals surface area contributed by atoms with Crippen molar-refractivity contribution in [2.45, 2.75) is 19.4 Å². The van der Waals surface area contributed by atoms with Gasteiger partial charge >= 0.3 is 0 Å². The van der Waals surface area contributed by atoms with E-state index in [1.54, 1.807) is 0 Å². The molecule has 3 nitrogen and oxygen atoms in total. The molecule has 0 aliphatic carbocycles. The summed E-state index contributed by atoms with van der Waals surface area (Å²) in [7, 11) is 4.36. The molecule has 0 bridgehead atoms. The highest BCUT2D eigenvalue weighted by Crippen LogP contribution is 2.43. The summed E-state index contributed by atoms with van der Waals surface area (Å²) < 4.78 is 2.21. The number of fused-ring (bicyclic) bond motifs is 4. The molecule has 4 heteroatoms. The van der Waals surface area contributed by atoms with Crippen LogP contribution in [0.25, 0.3) is 32.2 Å². The molecule has 0 saturated heterocycles. The van der Waals surface area contributed by atoms with Gasteiger partial charge in [-0.2, -0.15) is 0 Å². The van der Waals surface area contributed by atoms with Gasteiger partial charge < -0.3 is 14.5 Å². The van der Waals surface area contributed by atoms with Crippen LogP contribution in [0.4, 0.5) is 0 Å². The molecule has 4 heterocycles. The zero-order chi connectivity index (χ0) is 20.4. The second-order valence-corrected chi connectivity index (χ2v) is 9.64. The maximum Gasteiger partial charge on any atom is 0.0484 e. The number of hydrogen-bond acceptors (Lipinski definition) is 2. The number of hydrogen-bond donors (Lipinski definition) is 1. The standard InChI is InChI=1S/C26H25N3S/c1-16-4-7-23-20(12-16)22-15-28(2)14-21(25(22)27-23)19-9-11-30-26(19)18-6-5-17-8-10-29(3)24(17)13-18/h4-13,21,27H,14-15H2,1-3H3. The lowest BCUT2D eigenvalue weighted by molar-refractivity contribution is 0.295. The van der Waals surface area contributed by atoms with Crippen molar-refractivity contribution in [3.05, 3.63) is 82.5 Å². The van der Waals surface area contributed by atoms with Crippen LogP contribution in [-0.2, 0) is 13.6 Å². The Morgan fingerprint density at radius 3 is 2.83 bits per heavy atom. The van der Waals surface area contributed by atoms with E-state index in [1.165, 1.54) is 54.6 Å². The summed E-state index contributed by atoms with van der Waals surface area (Å²) in [6.07, 6.45) is 2.14. The Morgan fingerprint density at radius 2 is 1.93 bits per heavy atom. The van der Waals surface area contributed by atoms with Gasteiger partial charge in [0.05, 0.1) is 0 Å². The van der Waals surface area contributed by atoms with Gasteiger partial charge in [-0.25, -0.2) is 0 Å². The predicted molar refractivity (Wildman–Crippen MR) is 127 cm³/mol. The van der Waals surface area contributed by atoms with E-state index in [1.807, 2.05) is 11.3 Å². The second kappa shape index (κ2) is 6.59. The molecular weight excluding hydrogens is 386 g/mol. The van der Waals surface area contributed by atoms with Gasteiger partial charge in [0.25, 0.3) is 0 Å². The highest BCUT2D eigenvalue weighted by molar-refractivity contribution is 7.13. The lowest BCUT2D eigenvalue weighted by atomic mass is 9.88. The molecule has 150 valence electrons. The van der Waals surface area contributed by atoms with E-state index in [0.717, 1.165) is 13.1 Å². The summed E-state index contributed by atoms with van der Waals surface area (Å²) in [4.78, 5) is 7.64. The lowest BCUT2D eigenvalue weighted by Gasteiger charge is -2.30. The van der Waals surface area contributed by atoms with Crippen LogP contribution in [0, 0.1) is 6.92 Å². The zero-order valence-corrected chi connectivity index (χ0v) is 18.4. The summed E-state index contributed by atoms with van der Waals surface area (Å²) in [5.41, 5.74) is 9.47. The SMILES string of the molecule is Cc1ccc2[nH]c3c(c2c1)CN(C)CC3c1ccsc1-c1ccc2ccn(C)c2c1. The molecule has 0 radical (unpaired) electrons. The molecule has 5 aromatic rings. The van der Waals surface area contributed by atoms with Gasteiger partial charge in [-0.05, 0) is 71.8 Å². The van der Waals surface area contributed by atoms with E-state index < -0.39 is 0 Å². The maximum atomic E-state index is 3.79. The fourth-order valence-corrected chi connectivity index (χ4v) is 6.03. The number of thiophene rings is 1. The van der Waals surface area contributed by atoms with Crippen LogP contribution in [-0.4, -0.2) is 28.0 Å². The number of aryl methyl sites for hydroxylation is 2. The average molecular weight is 412 g/mol.